The summed E-state index contributed by atoms with van der Waals surface area (Å²) in [6.45, 7) is 3.22. The molecule has 0 aliphatic heterocycles. The Bertz CT molecular complexity index is 467. The van der Waals surface area contributed by atoms with Crippen molar-refractivity contribution in [1.29, 1.82) is 0 Å². The minimum absolute atomic E-state index is 0.00229. The Kier molecular flexibility index (Phi) is 5.34. The first-order valence-corrected chi connectivity index (χ1v) is 7.80. The maximum atomic E-state index is 6.17. The lowest BCUT2D eigenvalue weighted by molar-refractivity contribution is 0.261. The fourth-order valence-corrected chi connectivity index (χ4v) is 3.42. The third-order valence-corrected chi connectivity index (χ3v) is 4.56. The van der Waals surface area contributed by atoms with Crippen molar-refractivity contribution in [3.63, 3.8) is 0 Å². The van der Waals surface area contributed by atoms with Crippen LogP contribution in [0.3, 0.4) is 0 Å². The first-order chi connectivity index (χ1) is 10.2. The van der Waals surface area contributed by atoms with Crippen molar-refractivity contribution in [2.75, 3.05) is 27.4 Å². The SMILES string of the molecule is CCOc1c(C2(CN)CCCCC2)ccc(OC)c1OC. The minimum atomic E-state index is 0.00229. The molecule has 1 fully saturated rings. The maximum absolute atomic E-state index is 6.17. The average Bonchev–Trinajstić information content (AvgIpc) is 2.55. The van der Waals surface area contributed by atoms with Crippen molar-refractivity contribution < 1.29 is 14.2 Å². The highest BCUT2D eigenvalue weighted by Crippen LogP contribution is 2.49. The van der Waals surface area contributed by atoms with Crippen molar-refractivity contribution >= 4 is 0 Å². The Balaban J connectivity index is 2.55. The van der Waals surface area contributed by atoms with Crippen LogP contribution in [0.25, 0.3) is 0 Å². The topological polar surface area (TPSA) is 53.7 Å². The van der Waals surface area contributed by atoms with Gasteiger partial charge in [0, 0.05) is 17.5 Å². The van der Waals surface area contributed by atoms with Crippen LogP contribution in [0.4, 0.5) is 0 Å². The van der Waals surface area contributed by atoms with Gasteiger partial charge in [0.25, 0.3) is 0 Å². The molecule has 4 heteroatoms. The smallest absolute Gasteiger partial charge is 0.203 e. The van der Waals surface area contributed by atoms with Crippen molar-refractivity contribution in [3.05, 3.63) is 17.7 Å². The van der Waals surface area contributed by atoms with Gasteiger partial charge in [-0.1, -0.05) is 25.3 Å². The molecule has 0 saturated heterocycles. The predicted molar refractivity (Wildman–Crippen MR) is 84.5 cm³/mol. The van der Waals surface area contributed by atoms with E-state index in [-0.39, 0.29) is 5.41 Å². The quantitative estimate of drug-likeness (QED) is 0.874. The molecule has 1 aliphatic carbocycles. The molecule has 0 radical (unpaired) electrons. The van der Waals surface area contributed by atoms with Gasteiger partial charge in [-0.2, -0.15) is 0 Å². The van der Waals surface area contributed by atoms with Crippen LogP contribution < -0.4 is 19.9 Å². The first-order valence-electron chi connectivity index (χ1n) is 7.80. The van der Waals surface area contributed by atoms with E-state index in [1.807, 2.05) is 13.0 Å². The molecule has 0 bridgehead atoms. The van der Waals surface area contributed by atoms with E-state index in [9.17, 15) is 0 Å². The number of hydrogen-bond donors (Lipinski definition) is 1. The highest BCUT2D eigenvalue weighted by atomic mass is 16.5. The van der Waals surface area contributed by atoms with E-state index in [1.165, 1.54) is 24.8 Å². The molecule has 1 aliphatic rings. The second kappa shape index (κ2) is 7.03. The summed E-state index contributed by atoms with van der Waals surface area (Å²) in [5.74, 6) is 2.18. The lowest BCUT2D eigenvalue weighted by Crippen LogP contribution is -2.37. The van der Waals surface area contributed by atoms with Gasteiger partial charge >= 0.3 is 0 Å². The van der Waals surface area contributed by atoms with E-state index in [0.29, 0.717) is 24.7 Å². The van der Waals surface area contributed by atoms with E-state index in [0.717, 1.165) is 18.6 Å². The summed E-state index contributed by atoms with van der Waals surface area (Å²) in [4.78, 5) is 0. The van der Waals surface area contributed by atoms with Crippen LogP contribution in [0, 0.1) is 0 Å². The molecule has 1 aromatic rings. The molecular weight excluding hydrogens is 266 g/mol. The summed E-state index contributed by atoms with van der Waals surface area (Å²) < 4.78 is 16.9. The van der Waals surface area contributed by atoms with Gasteiger partial charge in [-0.3, -0.25) is 0 Å². The minimum Gasteiger partial charge on any atom is -0.493 e. The van der Waals surface area contributed by atoms with E-state index < -0.39 is 0 Å². The Morgan fingerprint density at radius 3 is 2.29 bits per heavy atom. The van der Waals surface area contributed by atoms with Crippen LogP contribution in [0.1, 0.15) is 44.6 Å². The van der Waals surface area contributed by atoms with Crippen molar-refractivity contribution in [3.8, 4) is 17.2 Å². The van der Waals surface area contributed by atoms with Gasteiger partial charge in [0.05, 0.1) is 20.8 Å². The van der Waals surface area contributed by atoms with Crippen LogP contribution in [-0.4, -0.2) is 27.4 Å². The van der Waals surface area contributed by atoms with Crippen molar-refractivity contribution in [2.45, 2.75) is 44.4 Å². The van der Waals surface area contributed by atoms with E-state index in [1.54, 1.807) is 14.2 Å². The Morgan fingerprint density at radius 1 is 1.05 bits per heavy atom. The van der Waals surface area contributed by atoms with Gasteiger partial charge in [0.15, 0.2) is 11.5 Å². The first kappa shape index (κ1) is 16.0. The van der Waals surface area contributed by atoms with Crippen LogP contribution >= 0.6 is 0 Å². The molecular formula is C17H27NO3. The second-order valence-corrected chi connectivity index (χ2v) is 5.66. The molecule has 0 unspecified atom stereocenters. The lowest BCUT2D eigenvalue weighted by Gasteiger charge is -2.38. The van der Waals surface area contributed by atoms with Crippen molar-refractivity contribution in [1.82, 2.24) is 0 Å². The summed E-state index contributed by atoms with van der Waals surface area (Å²) in [6.07, 6.45) is 5.95. The number of methoxy groups -OCH3 is 2. The Morgan fingerprint density at radius 2 is 1.76 bits per heavy atom. The highest BCUT2D eigenvalue weighted by Gasteiger charge is 2.36. The zero-order chi connectivity index (χ0) is 15.3. The third-order valence-electron chi connectivity index (χ3n) is 4.56. The highest BCUT2D eigenvalue weighted by molar-refractivity contribution is 5.58. The monoisotopic (exact) mass is 293 g/mol. The van der Waals surface area contributed by atoms with Crippen LogP contribution in [0.5, 0.6) is 17.2 Å². The molecule has 2 N–H and O–H groups in total. The normalized spacial score (nSPS) is 17.3. The molecule has 0 atom stereocenters. The van der Waals surface area contributed by atoms with Crippen molar-refractivity contribution in [2.24, 2.45) is 5.73 Å². The van der Waals surface area contributed by atoms with E-state index in [4.69, 9.17) is 19.9 Å². The maximum Gasteiger partial charge on any atom is 0.203 e. The number of benzene rings is 1. The third kappa shape index (κ3) is 2.95. The molecule has 0 spiro atoms. The zero-order valence-electron chi connectivity index (χ0n) is 13.4. The second-order valence-electron chi connectivity index (χ2n) is 5.66. The van der Waals surface area contributed by atoms with Crippen LogP contribution in [-0.2, 0) is 5.41 Å². The zero-order valence-corrected chi connectivity index (χ0v) is 13.4. The molecule has 1 saturated carbocycles. The average molecular weight is 293 g/mol. The summed E-state index contributed by atoms with van der Waals surface area (Å²) in [5.41, 5.74) is 7.34. The summed E-state index contributed by atoms with van der Waals surface area (Å²) in [6, 6.07) is 4.06. The summed E-state index contributed by atoms with van der Waals surface area (Å²) >= 11 is 0. The predicted octanol–water partition coefficient (Wildman–Crippen LogP) is 3.26. The van der Waals surface area contributed by atoms with Crippen LogP contribution in [0.2, 0.25) is 0 Å². The molecule has 21 heavy (non-hydrogen) atoms. The summed E-state index contributed by atoms with van der Waals surface area (Å²) in [5, 5.41) is 0. The number of hydrogen-bond acceptors (Lipinski definition) is 4. The molecule has 0 amide bonds. The molecule has 0 aromatic heterocycles. The molecule has 1 aromatic carbocycles. The summed E-state index contributed by atoms with van der Waals surface area (Å²) in [7, 11) is 3.30. The van der Waals surface area contributed by atoms with Crippen LogP contribution in [0.15, 0.2) is 12.1 Å². The molecule has 2 rings (SSSR count). The van der Waals surface area contributed by atoms with Gasteiger partial charge in [0.2, 0.25) is 5.75 Å². The van der Waals surface area contributed by atoms with Gasteiger partial charge in [-0.15, -0.1) is 0 Å². The number of nitrogens with two attached hydrogens (primary N) is 1. The number of ether oxygens (including phenoxy) is 3. The Labute approximate surface area is 127 Å². The lowest BCUT2D eigenvalue weighted by atomic mass is 9.69. The fraction of sp³-hybridized carbons (Fsp3) is 0.647. The standard InChI is InChI=1S/C17H27NO3/c1-4-21-15-13(8-9-14(19-2)16(15)20-3)17(12-18)10-6-5-7-11-17/h8-9H,4-7,10-12,18H2,1-3H3. The molecule has 0 heterocycles. The van der Waals surface area contributed by atoms with Gasteiger partial charge in [-0.05, 0) is 25.8 Å². The molecule has 118 valence electrons. The largest absolute Gasteiger partial charge is 0.493 e. The molecule has 4 nitrogen and oxygen atoms in total. The number of rotatable bonds is 6. The van der Waals surface area contributed by atoms with Gasteiger partial charge in [0.1, 0.15) is 0 Å². The van der Waals surface area contributed by atoms with Gasteiger partial charge < -0.3 is 19.9 Å². The van der Waals surface area contributed by atoms with E-state index in [2.05, 4.69) is 6.07 Å². The van der Waals surface area contributed by atoms with E-state index >= 15 is 0 Å². The fourth-order valence-electron chi connectivity index (χ4n) is 3.42. The Hall–Kier alpha value is -1.42. The van der Waals surface area contributed by atoms with Gasteiger partial charge in [-0.25, -0.2) is 0 Å².